The standard InChI is InChI=1S/C30H34N6O6/c1-19-25(28(37)38)26(27(29(39)40)22(18-31)33-19)20-7-5-8-21(17-20)34-30(41)32-11-6-12-35-13-15-36(16-14-35)23-9-3-4-10-24(23)42-2/h3-5,7-10,17,25-26H,6,11-16H2,1-2H3,(H,37,38)(H,39,40)(H2,32,34,41). The highest BCUT2D eigenvalue weighted by atomic mass is 16.5. The van der Waals surface area contributed by atoms with E-state index in [1.807, 2.05) is 18.2 Å². The molecule has 220 valence electrons. The molecule has 1 fully saturated rings. The van der Waals surface area contributed by atoms with E-state index < -0.39 is 29.8 Å². The van der Waals surface area contributed by atoms with Crippen LogP contribution >= 0.6 is 0 Å². The summed E-state index contributed by atoms with van der Waals surface area (Å²) in [6, 6.07) is 15.6. The number of carbonyl (C=O) groups is 3. The molecule has 2 aromatic rings. The van der Waals surface area contributed by atoms with E-state index in [4.69, 9.17) is 4.74 Å². The lowest BCUT2D eigenvalue weighted by molar-refractivity contribution is -0.140. The van der Waals surface area contributed by atoms with Crippen LogP contribution < -0.4 is 20.3 Å². The van der Waals surface area contributed by atoms with Crippen LogP contribution in [0.3, 0.4) is 0 Å². The molecule has 4 rings (SSSR count). The molecule has 0 bridgehead atoms. The van der Waals surface area contributed by atoms with Crippen molar-refractivity contribution < 1.29 is 29.3 Å². The lowest BCUT2D eigenvalue weighted by Crippen LogP contribution is -2.47. The van der Waals surface area contributed by atoms with Crippen molar-refractivity contribution in [1.82, 2.24) is 10.2 Å². The minimum Gasteiger partial charge on any atom is -0.495 e. The number of allylic oxidation sites excluding steroid dienone is 1. The number of nitrogens with zero attached hydrogens (tertiary/aromatic N) is 4. The van der Waals surface area contributed by atoms with Crippen molar-refractivity contribution in [2.45, 2.75) is 19.3 Å². The Morgan fingerprint density at radius 2 is 1.83 bits per heavy atom. The van der Waals surface area contributed by atoms with Gasteiger partial charge in [0.15, 0.2) is 5.70 Å². The summed E-state index contributed by atoms with van der Waals surface area (Å²) in [5.74, 6) is -4.23. The van der Waals surface area contributed by atoms with Gasteiger partial charge < -0.3 is 30.5 Å². The molecule has 2 unspecified atom stereocenters. The van der Waals surface area contributed by atoms with E-state index in [1.54, 1.807) is 31.4 Å². The first-order valence-electron chi connectivity index (χ1n) is 13.6. The predicted molar refractivity (Wildman–Crippen MR) is 157 cm³/mol. The van der Waals surface area contributed by atoms with Gasteiger partial charge in [-0.3, -0.25) is 9.69 Å². The zero-order chi connectivity index (χ0) is 30.2. The van der Waals surface area contributed by atoms with Crippen molar-refractivity contribution >= 4 is 35.1 Å². The summed E-state index contributed by atoms with van der Waals surface area (Å²) in [4.78, 5) is 45.3. The van der Waals surface area contributed by atoms with Crippen LogP contribution in [0, 0.1) is 17.2 Å². The summed E-state index contributed by atoms with van der Waals surface area (Å²) < 4.78 is 5.48. The number of benzene rings is 2. The molecule has 2 heterocycles. The largest absolute Gasteiger partial charge is 0.495 e. The summed E-state index contributed by atoms with van der Waals surface area (Å²) in [6.45, 7) is 6.32. The highest BCUT2D eigenvalue weighted by molar-refractivity contribution is 6.06. The summed E-state index contributed by atoms with van der Waals surface area (Å²) in [6.07, 6.45) is 0.757. The summed E-state index contributed by atoms with van der Waals surface area (Å²) in [5.41, 5.74) is 1.21. The first-order valence-corrected chi connectivity index (χ1v) is 13.6. The van der Waals surface area contributed by atoms with Gasteiger partial charge >= 0.3 is 18.0 Å². The van der Waals surface area contributed by atoms with Gasteiger partial charge in [-0.15, -0.1) is 0 Å². The van der Waals surface area contributed by atoms with E-state index in [9.17, 15) is 29.9 Å². The van der Waals surface area contributed by atoms with Gasteiger partial charge in [-0.25, -0.2) is 14.6 Å². The van der Waals surface area contributed by atoms with E-state index in [2.05, 4.69) is 31.5 Å². The Hall–Kier alpha value is -4.89. The highest BCUT2D eigenvalue weighted by Gasteiger charge is 2.42. The third kappa shape index (κ3) is 6.87. The van der Waals surface area contributed by atoms with Crippen LogP contribution in [0.4, 0.5) is 16.2 Å². The molecular weight excluding hydrogens is 540 g/mol. The number of carbonyl (C=O) groups excluding carboxylic acids is 1. The van der Waals surface area contributed by atoms with Crippen LogP contribution in [0.1, 0.15) is 24.8 Å². The number of piperazine rings is 1. The zero-order valence-corrected chi connectivity index (χ0v) is 23.5. The molecule has 12 nitrogen and oxygen atoms in total. The van der Waals surface area contributed by atoms with Gasteiger partial charge in [0.05, 0.1) is 18.4 Å². The maximum Gasteiger partial charge on any atom is 0.335 e. The number of methoxy groups -OCH3 is 1. The van der Waals surface area contributed by atoms with Gasteiger partial charge in [0.1, 0.15) is 17.7 Å². The monoisotopic (exact) mass is 574 g/mol. The van der Waals surface area contributed by atoms with Crippen LogP contribution in [0.2, 0.25) is 0 Å². The first-order chi connectivity index (χ1) is 20.2. The Labute approximate surface area is 243 Å². The van der Waals surface area contributed by atoms with E-state index in [1.165, 1.54) is 13.0 Å². The number of ether oxygens (including phenoxy) is 1. The van der Waals surface area contributed by atoms with Crippen LogP contribution in [-0.2, 0) is 9.59 Å². The smallest absolute Gasteiger partial charge is 0.335 e. The van der Waals surface area contributed by atoms with E-state index in [-0.39, 0.29) is 17.0 Å². The van der Waals surface area contributed by atoms with Gasteiger partial charge in [0.2, 0.25) is 0 Å². The molecule has 0 radical (unpaired) electrons. The number of aliphatic carboxylic acids is 2. The maximum atomic E-state index is 12.6. The predicted octanol–water partition coefficient (Wildman–Crippen LogP) is 3.15. The van der Waals surface area contributed by atoms with Gasteiger partial charge in [-0.2, -0.15) is 5.26 Å². The van der Waals surface area contributed by atoms with Crippen LogP contribution in [0.25, 0.3) is 0 Å². The molecule has 0 saturated carbocycles. The molecule has 42 heavy (non-hydrogen) atoms. The molecule has 4 N–H and O–H groups in total. The molecule has 12 heteroatoms. The molecule has 0 aliphatic carbocycles. The Morgan fingerprint density at radius 1 is 1.10 bits per heavy atom. The average Bonchev–Trinajstić information content (AvgIpc) is 2.98. The van der Waals surface area contributed by atoms with E-state index in [0.29, 0.717) is 17.8 Å². The normalized spacial score (nSPS) is 19.0. The number of nitrogens with one attached hydrogen (secondary N) is 2. The second-order valence-electron chi connectivity index (χ2n) is 10.1. The van der Waals surface area contributed by atoms with Crippen LogP contribution in [0.5, 0.6) is 5.75 Å². The number of amides is 2. The number of anilines is 2. The summed E-state index contributed by atoms with van der Waals surface area (Å²) in [7, 11) is 1.68. The Morgan fingerprint density at radius 3 is 2.50 bits per heavy atom. The fraction of sp³-hybridized carbons (Fsp3) is 0.367. The van der Waals surface area contributed by atoms with Gasteiger partial charge in [0, 0.05) is 50.0 Å². The summed E-state index contributed by atoms with van der Waals surface area (Å²) >= 11 is 0. The molecule has 0 spiro atoms. The van der Waals surface area contributed by atoms with E-state index >= 15 is 0 Å². The second-order valence-corrected chi connectivity index (χ2v) is 10.1. The Bertz CT molecular complexity index is 1440. The quantitative estimate of drug-likeness (QED) is 0.312. The van der Waals surface area contributed by atoms with Crippen molar-refractivity contribution in [2.75, 3.05) is 56.6 Å². The van der Waals surface area contributed by atoms with Crippen molar-refractivity contribution in [2.24, 2.45) is 10.9 Å². The number of aliphatic imine (C=N–C) groups is 1. The number of nitriles is 1. The number of hydrogen-bond acceptors (Lipinski definition) is 8. The molecule has 0 aromatic heterocycles. The Kier molecular flexibility index (Phi) is 9.77. The molecule has 2 aliphatic rings. The minimum atomic E-state index is -1.42. The molecule has 2 aliphatic heterocycles. The van der Waals surface area contributed by atoms with E-state index in [0.717, 1.165) is 50.6 Å². The third-order valence-electron chi connectivity index (χ3n) is 7.48. The number of hydrogen-bond donors (Lipinski definition) is 4. The number of carboxylic acid groups (broad SMARTS) is 2. The SMILES string of the molecule is COc1ccccc1N1CCN(CCCNC(=O)Nc2cccc(C3C(C(=O)O)=C(C#N)N=C(C)C3C(=O)O)c2)CC1. The van der Waals surface area contributed by atoms with Crippen LogP contribution in [-0.4, -0.2) is 85.2 Å². The topological polar surface area (TPSA) is 168 Å². The lowest BCUT2D eigenvalue weighted by atomic mass is 9.75. The number of urea groups is 1. The first kappa shape index (κ1) is 30.1. The van der Waals surface area contributed by atoms with Gasteiger partial charge in [-0.05, 0) is 49.7 Å². The van der Waals surface area contributed by atoms with Gasteiger partial charge in [0.25, 0.3) is 0 Å². The number of para-hydroxylation sites is 2. The third-order valence-corrected chi connectivity index (χ3v) is 7.48. The molecular formula is C30H34N6O6. The fourth-order valence-electron chi connectivity index (χ4n) is 5.45. The van der Waals surface area contributed by atoms with Crippen molar-refractivity contribution in [3.63, 3.8) is 0 Å². The lowest BCUT2D eigenvalue weighted by Gasteiger charge is -2.36. The maximum absolute atomic E-state index is 12.6. The van der Waals surface area contributed by atoms with Crippen molar-refractivity contribution in [3.8, 4) is 11.8 Å². The molecule has 2 atom stereocenters. The summed E-state index contributed by atoms with van der Waals surface area (Å²) in [5, 5.41) is 34.7. The number of rotatable bonds is 10. The Balaban J connectivity index is 1.30. The number of carboxylic acids is 2. The fourth-order valence-corrected chi connectivity index (χ4v) is 5.45. The highest BCUT2D eigenvalue weighted by Crippen LogP contribution is 2.39. The second kappa shape index (κ2) is 13.6. The zero-order valence-electron chi connectivity index (χ0n) is 23.5. The van der Waals surface area contributed by atoms with Crippen molar-refractivity contribution in [3.05, 3.63) is 65.4 Å². The minimum absolute atomic E-state index is 0.131. The molecule has 2 amide bonds. The van der Waals surface area contributed by atoms with Gasteiger partial charge in [-0.1, -0.05) is 24.3 Å². The van der Waals surface area contributed by atoms with Crippen molar-refractivity contribution in [1.29, 1.82) is 5.26 Å². The molecule has 2 aromatic carbocycles. The molecule has 1 saturated heterocycles. The average molecular weight is 575 g/mol. The van der Waals surface area contributed by atoms with Crippen LogP contribution in [0.15, 0.2) is 64.8 Å².